The Morgan fingerprint density at radius 3 is 1.93 bits per heavy atom. The Balaban J connectivity index is 1.84. The van der Waals surface area contributed by atoms with E-state index in [0.717, 1.165) is 16.5 Å². The summed E-state index contributed by atoms with van der Waals surface area (Å²) >= 11 is 0. The van der Waals surface area contributed by atoms with E-state index in [1.807, 2.05) is 60.7 Å². The molecule has 3 atom stereocenters. The van der Waals surface area contributed by atoms with Crippen LogP contribution in [0.15, 0.2) is 107 Å². The summed E-state index contributed by atoms with van der Waals surface area (Å²) in [6.45, 7) is 1.40. The molecule has 0 heterocycles. The first-order chi connectivity index (χ1) is 19.2. The summed E-state index contributed by atoms with van der Waals surface area (Å²) in [6.07, 6.45) is 2.63. The fourth-order valence-corrected chi connectivity index (χ4v) is 5.08. The summed E-state index contributed by atoms with van der Waals surface area (Å²) in [7, 11) is -2.55. The first kappa shape index (κ1) is 30.3. The molecule has 2 N–H and O–H groups in total. The maximum Gasteiger partial charge on any atom is 0.317 e. The third-order valence-corrected chi connectivity index (χ3v) is 7.78. The minimum Gasteiger partial charge on any atom is -0.468 e. The zero-order valence-corrected chi connectivity index (χ0v) is 23.3. The van der Waals surface area contributed by atoms with Crippen LogP contribution in [0.3, 0.4) is 0 Å². The fraction of sp³-hybridized carbons (Fsp3) is 0.258. The molecule has 2 amide bonds. The van der Waals surface area contributed by atoms with Crippen LogP contribution >= 0.6 is 0 Å². The van der Waals surface area contributed by atoms with Crippen LogP contribution in [0.25, 0.3) is 0 Å². The molecular formula is C31H34N2O6S. The summed E-state index contributed by atoms with van der Waals surface area (Å²) in [5.41, 5.74) is 1.83. The standard InChI is InChI=1S/C31H34N2O6S/c1-23(31(36)39-2)29(34)33-28(22-25-14-8-4-9-15-25)30(35)32-26(19-18-24-12-6-3-7-13-24)20-21-40(37,38)27-16-10-5-11-17-27/h3-17,20-21,23,26,28H,18-19,22H2,1-2H3,(H,32,35)(H,33,34). The van der Waals surface area contributed by atoms with Gasteiger partial charge in [-0.15, -0.1) is 0 Å². The van der Waals surface area contributed by atoms with Crippen molar-refractivity contribution in [2.75, 3.05) is 7.11 Å². The highest BCUT2D eigenvalue weighted by Crippen LogP contribution is 2.14. The number of ether oxygens (including phenoxy) is 1. The van der Waals surface area contributed by atoms with Gasteiger partial charge >= 0.3 is 5.97 Å². The number of esters is 1. The highest BCUT2D eigenvalue weighted by Gasteiger charge is 2.28. The molecule has 0 radical (unpaired) electrons. The third kappa shape index (κ3) is 9.20. The number of hydrogen-bond donors (Lipinski definition) is 2. The van der Waals surface area contributed by atoms with Gasteiger partial charge in [0.1, 0.15) is 12.0 Å². The highest BCUT2D eigenvalue weighted by atomic mass is 32.2. The Hall–Kier alpha value is -4.24. The number of methoxy groups -OCH3 is 1. The van der Waals surface area contributed by atoms with Crippen molar-refractivity contribution in [3.8, 4) is 0 Å². The number of sulfone groups is 1. The van der Waals surface area contributed by atoms with E-state index in [-0.39, 0.29) is 11.3 Å². The first-order valence-corrected chi connectivity index (χ1v) is 14.5. The lowest BCUT2D eigenvalue weighted by Gasteiger charge is -2.23. The van der Waals surface area contributed by atoms with Gasteiger partial charge < -0.3 is 15.4 Å². The number of benzene rings is 3. The van der Waals surface area contributed by atoms with Crippen molar-refractivity contribution in [2.45, 2.75) is 43.2 Å². The number of amides is 2. The summed E-state index contributed by atoms with van der Waals surface area (Å²) < 4.78 is 30.4. The highest BCUT2D eigenvalue weighted by molar-refractivity contribution is 7.94. The molecule has 8 nitrogen and oxygen atoms in total. The minimum atomic E-state index is -3.74. The molecule has 40 heavy (non-hydrogen) atoms. The molecular weight excluding hydrogens is 528 g/mol. The second kappa shape index (κ2) is 14.8. The maximum absolute atomic E-state index is 13.5. The van der Waals surface area contributed by atoms with Crippen LogP contribution in [0.5, 0.6) is 0 Å². The minimum absolute atomic E-state index is 0.144. The summed E-state index contributed by atoms with van der Waals surface area (Å²) in [5, 5.41) is 6.66. The zero-order chi connectivity index (χ0) is 29.0. The van der Waals surface area contributed by atoms with Crippen LogP contribution in [0.4, 0.5) is 0 Å². The molecule has 0 saturated carbocycles. The molecule has 0 aliphatic carbocycles. The van der Waals surface area contributed by atoms with Crippen LogP contribution in [-0.4, -0.2) is 45.4 Å². The number of hydrogen-bond acceptors (Lipinski definition) is 6. The molecule has 0 aromatic heterocycles. The monoisotopic (exact) mass is 562 g/mol. The molecule has 0 aliphatic rings. The summed E-state index contributed by atoms with van der Waals surface area (Å²) in [6, 6.07) is 25.1. The fourth-order valence-electron chi connectivity index (χ4n) is 3.99. The van der Waals surface area contributed by atoms with E-state index in [1.54, 1.807) is 18.2 Å². The van der Waals surface area contributed by atoms with Gasteiger partial charge in [0, 0.05) is 17.9 Å². The largest absolute Gasteiger partial charge is 0.468 e. The molecule has 3 aromatic carbocycles. The van der Waals surface area contributed by atoms with Crippen molar-refractivity contribution in [1.82, 2.24) is 10.6 Å². The maximum atomic E-state index is 13.5. The second-order valence-corrected chi connectivity index (χ2v) is 11.2. The van der Waals surface area contributed by atoms with Gasteiger partial charge in [0.25, 0.3) is 0 Å². The normalized spacial score (nSPS) is 13.7. The van der Waals surface area contributed by atoms with E-state index in [1.165, 1.54) is 32.2 Å². The smallest absolute Gasteiger partial charge is 0.317 e. The molecule has 0 bridgehead atoms. The molecule has 0 spiro atoms. The van der Waals surface area contributed by atoms with E-state index in [4.69, 9.17) is 0 Å². The van der Waals surface area contributed by atoms with Crippen LogP contribution < -0.4 is 10.6 Å². The quantitative estimate of drug-likeness (QED) is 0.243. The lowest BCUT2D eigenvalue weighted by atomic mass is 10.0. The summed E-state index contributed by atoms with van der Waals surface area (Å²) in [5.74, 6) is -2.98. The lowest BCUT2D eigenvalue weighted by Crippen LogP contribution is -2.52. The Morgan fingerprint density at radius 1 is 0.800 bits per heavy atom. The van der Waals surface area contributed by atoms with Crippen LogP contribution in [0, 0.1) is 5.92 Å². The molecule has 0 aliphatic heterocycles. The molecule has 3 unspecified atom stereocenters. The predicted octanol–water partition coefficient (Wildman–Crippen LogP) is 3.63. The Kier molecular flexibility index (Phi) is 11.2. The van der Waals surface area contributed by atoms with Gasteiger partial charge in [0.15, 0.2) is 9.84 Å². The Labute approximate surface area is 235 Å². The second-order valence-electron chi connectivity index (χ2n) is 9.32. The van der Waals surface area contributed by atoms with Gasteiger partial charge in [-0.1, -0.05) is 84.9 Å². The van der Waals surface area contributed by atoms with Crippen molar-refractivity contribution in [3.63, 3.8) is 0 Å². The van der Waals surface area contributed by atoms with Crippen LogP contribution in [0.2, 0.25) is 0 Å². The Morgan fingerprint density at radius 2 is 1.35 bits per heavy atom. The number of rotatable bonds is 13. The van der Waals surface area contributed by atoms with E-state index in [2.05, 4.69) is 15.4 Å². The number of nitrogens with one attached hydrogen (secondary N) is 2. The van der Waals surface area contributed by atoms with Gasteiger partial charge in [-0.05, 0) is 43.0 Å². The average molecular weight is 563 g/mol. The van der Waals surface area contributed by atoms with Gasteiger partial charge in [-0.2, -0.15) is 0 Å². The molecule has 3 aromatic rings. The first-order valence-electron chi connectivity index (χ1n) is 12.9. The zero-order valence-electron chi connectivity index (χ0n) is 22.5. The molecule has 3 rings (SSSR count). The Bertz CT molecular complexity index is 1390. The van der Waals surface area contributed by atoms with Crippen LogP contribution in [0.1, 0.15) is 24.5 Å². The average Bonchev–Trinajstić information content (AvgIpc) is 2.98. The van der Waals surface area contributed by atoms with Crippen molar-refractivity contribution in [3.05, 3.63) is 114 Å². The van der Waals surface area contributed by atoms with Crippen LogP contribution in [-0.2, 0) is 41.8 Å². The van der Waals surface area contributed by atoms with Crippen molar-refractivity contribution >= 4 is 27.6 Å². The van der Waals surface area contributed by atoms with Crippen molar-refractivity contribution < 1.29 is 27.5 Å². The van der Waals surface area contributed by atoms with E-state index < -0.39 is 45.6 Å². The predicted molar refractivity (Wildman–Crippen MR) is 153 cm³/mol. The molecule has 210 valence electrons. The van der Waals surface area contributed by atoms with Gasteiger partial charge in [-0.25, -0.2) is 8.42 Å². The van der Waals surface area contributed by atoms with Crippen molar-refractivity contribution in [2.24, 2.45) is 5.92 Å². The number of carbonyl (C=O) groups excluding carboxylic acids is 3. The topological polar surface area (TPSA) is 119 Å². The van der Waals surface area contributed by atoms with E-state index in [9.17, 15) is 22.8 Å². The SMILES string of the molecule is COC(=O)C(C)C(=O)NC(Cc1ccccc1)C(=O)NC(C=CS(=O)(=O)c1ccccc1)CCc1ccccc1. The summed E-state index contributed by atoms with van der Waals surface area (Å²) in [4.78, 5) is 38.4. The number of aryl methyl sites for hydroxylation is 1. The third-order valence-electron chi connectivity index (χ3n) is 6.34. The molecule has 0 fully saturated rings. The van der Waals surface area contributed by atoms with Gasteiger partial charge in [-0.3, -0.25) is 14.4 Å². The number of carbonyl (C=O) groups is 3. The van der Waals surface area contributed by atoms with E-state index >= 15 is 0 Å². The lowest BCUT2D eigenvalue weighted by molar-refractivity contribution is -0.150. The van der Waals surface area contributed by atoms with Gasteiger partial charge in [0.05, 0.1) is 12.0 Å². The molecule has 0 saturated heterocycles. The molecule has 9 heteroatoms. The van der Waals surface area contributed by atoms with Gasteiger partial charge in [0.2, 0.25) is 11.8 Å². The van der Waals surface area contributed by atoms with E-state index in [0.29, 0.717) is 12.8 Å². The van der Waals surface area contributed by atoms with Crippen molar-refractivity contribution in [1.29, 1.82) is 0 Å².